The van der Waals surface area contributed by atoms with Crippen molar-refractivity contribution in [2.45, 2.75) is 5.92 Å². The summed E-state index contributed by atoms with van der Waals surface area (Å²) in [4.78, 5) is 12.5. The highest BCUT2D eigenvalue weighted by Crippen LogP contribution is 2.28. The van der Waals surface area contributed by atoms with Gasteiger partial charge in [0.15, 0.2) is 5.78 Å². The van der Waals surface area contributed by atoms with Crippen molar-refractivity contribution in [1.29, 1.82) is 5.26 Å². The Morgan fingerprint density at radius 3 is 2.37 bits per heavy atom. The third-order valence-corrected chi connectivity index (χ3v) is 4.06. The van der Waals surface area contributed by atoms with Crippen LogP contribution in [0.3, 0.4) is 0 Å². The van der Waals surface area contributed by atoms with E-state index in [1.165, 1.54) is 11.3 Å². The van der Waals surface area contributed by atoms with Crippen LogP contribution in [0.5, 0.6) is 0 Å². The summed E-state index contributed by atoms with van der Waals surface area (Å²) in [5, 5.41) is 9.08. The van der Waals surface area contributed by atoms with Crippen molar-refractivity contribution >= 4 is 33.0 Å². The van der Waals surface area contributed by atoms with Gasteiger partial charge in [0.05, 0.1) is 14.7 Å². The molecule has 2 nitrogen and oxygen atoms in total. The minimum atomic E-state index is -1.21. The molecule has 0 fully saturated rings. The average Bonchev–Trinajstić information content (AvgIpc) is 2.75. The first-order valence-corrected chi connectivity index (χ1v) is 6.77. The van der Waals surface area contributed by atoms with E-state index >= 15 is 0 Å². The van der Waals surface area contributed by atoms with E-state index in [-0.39, 0.29) is 5.56 Å². The normalized spacial score (nSPS) is 11.9. The summed E-state index contributed by atoms with van der Waals surface area (Å²) in [7, 11) is 0. The van der Waals surface area contributed by atoms with Gasteiger partial charge in [-0.05, 0) is 45.8 Å². The van der Waals surface area contributed by atoms with Gasteiger partial charge in [-0.3, -0.25) is 4.79 Å². The third-order valence-electron chi connectivity index (χ3n) is 2.43. The Labute approximate surface area is 120 Å². The predicted octanol–water partition coefficient (Wildman–Crippen LogP) is 4.28. The smallest absolute Gasteiger partial charge is 0.194 e. The van der Waals surface area contributed by atoms with E-state index in [2.05, 4.69) is 15.9 Å². The lowest BCUT2D eigenvalue weighted by atomic mass is 9.95. The van der Waals surface area contributed by atoms with Crippen molar-refractivity contribution in [1.82, 2.24) is 0 Å². The first-order valence-electron chi connectivity index (χ1n) is 5.16. The Bertz CT molecular complexity index is 657. The number of benzene rings is 1. The monoisotopic (exact) mass is 341 g/mol. The van der Waals surface area contributed by atoms with Crippen LogP contribution in [0, 0.1) is 23.0 Å². The van der Waals surface area contributed by atoms with Gasteiger partial charge in [0.1, 0.15) is 17.6 Å². The highest BCUT2D eigenvalue weighted by Gasteiger charge is 2.24. The molecule has 1 heterocycles. The van der Waals surface area contributed by atoms with Gasteiger partial charge >= 0.3 is 0 Å². The lowest BCUT2D eigenvalue weighted by molar-refractivity contribution is 0.0982. The zero-order chi connectivity index (χ0) is 14.0. The zero-order valence-corrected chi connectivity index (χ0v) is 11.8. The molecule has 0 N–H and O–H groups in total. The molecule has 0 aliphatic heterocycles. The maximum absolute atomic E-state index is 13.1. The molecular formula is C13H6BrF2NOS. The molecule has 0 aliphatic carbocycles. The SMILES string of the molecule is N#CC(C(=O)c1ccc(Br)s1)c1cc(F)cc(F)c1. The number of halogens is 3. The summed E-state index contributed by atoms with van der Waals surface area (Å²) in [6.45, 7) is 0. The zero-order valence-electron chi connectivity index (χ0n) is 9.36. The molecule has 2 rings (SSSR count). The second-order valence-corrected chi connectivity index (χ2v) is 6.20. The van der Waals surface area contributed by atoms with Crippen LogP contribution in [0.1, 0.15) is 21.2 Å². The highest BCUT2D eigenvalue weighted by atomic mass is 79.9. The van der Waals surface area contributed by atoms with Crippen molar-refractivity contribution in [2.75, 3.05) is 0 Å². The van der Waals surface area contributed by atoms with Gasteiger partial charge in [-0.15, -0.1) is 11.3 Å². The quantitative estimate of drug-likeness (QED) is 0.782. The molecule has 0 saturated heterocycles. The molecule has 0 spiro atoms. The average molecular weight is 342 g/mol. The van der Waals surface area contributed by atoms with Crippen LogP contribution in [-0.4, -0.2) is 5.78 Å². The van der Waals surface area contributed by atoms with Gasteiger partial charge in [0.2, 0.25) is 0 Å². The van der Waals surface area contributed by atoms with Crippen molar-refractivity contribution in [3.8, 4) is 6.07 Å². The Morgan fingerprint density at radius 2 is 1.89 bits per heavy atom. The topological polar surface area (TPSA) is 40.9 Å². The van der Waals surface area contributed by atoms with Crippen LogP contribution in [0.2, 0.25) is 0 Å². The number of hydrogen-bond acceptors (Lipinski definition) is 3. The van der Waals surface area contributed by atoms with Gasteiger partial charge < -0.3 is 0 Å². The number of Topliss-reactive ketones (excluding diaryl/α,β-unsaturated/α-hetero) is 1. The van der Waals surface area contributed by atoms with Gasteiger partial charge in [-0.1, -0.05) is 0 Å². The summed E-state index contributed by atoms with van der Waals surface area (Å²) in [6.07, 6.45) is 0. The fourth-order valence-corrected chi connectivity index (χ4v) is 2.97. The summed E-state index contributed by atoms with van der Waals surface area (Å²) < 4.78 is 27.0. The van der Waals surface area contributed by atoms with Crippen LogP contribution in [-0.2, 0) is 0 Å². The molecule has 0 saturated carbocycles. The molecule has 1 atom stereocenters. The number of nitrogens with zero attached hydrogens (tertiary/aromatic N) is 1. The van der Waals surface area contributed by atoms with Crippen LogP contribution in [0.25, 0.3) is 0 Å². The molecule has 19 heavy (non-hydrogen) atoms. The Hall–Kier alpha value is -1.58. The van der Waals surface area contributed by atoms with Gasteiger partial charge in [0, 0.05) is 6.07 Å². The maximum Gasteiger partial charge on any atom is 0.194 e. The van der Waals surface area contributed by atoms with E-state index in [0.29, 0.717) is 10.9 Å². The van der Waals surface area contributed by atoms with Crippen LogP contribution in [0.15, 0.2) is 34.1 Å². The number of carbonyl (C=O) groups excluding carboxylic acids is 1. The molecule has 0 radical (unpaired) electrons. The largest absolute Gasteiger partial charge is 0.291 e. The number of rotatable bonds is 3. The number of ketones is 1. The molecule has 0 bridgehead atoms. The number of hydrogen-bond donors (Lipinski definition) is 0. The highest BCUT2D eigenvalue weighted by molar-refractivity contribution is 9.11. The standard InChI is InChI=1S/C13H6BrF2NOS/c14-12-2-1-11(19-12)13(18)10(6-17)7-3-8(15)5-9(16)4-7/h1-5,10H. The fraction of sp³-hybridized carbons (Fsp3) is 0.0769. The summed E-state index contributed by atoms with van der Waals surface area (Å²) in [5.74, 6) is -3.30. The minimum Gasteiger partial charge on any atom is -0.291 e. The molecular weight excluding hydrogens is 336 g/mol. The summed E-state index contributed by atoms with van der Waals surface area (Å²) >= 11 is 4.39. The van der Waals surface area contributed by atoms with Crippen molar-refractivity contribution in [3.05, 3.63) is 56.2 Å². The molecule has 96 valence electrons. The van der Waals surface area contributed by atoms with Crippen molar-refractivity contribution in [3.63, 3.8) is 0 Å². The molecule has 1 unspecified atom stereocenters. The van der Waals surface area contributed by atoms with E-state index in [0.717, 1.165) is 15.9 Å². The Balaban J connectivity index is 2.40. The van der Waals surface area contributed by atoms with Crippen LogP contribution in [0.4, 0.5) is 8.78 Å². The molecule has 0 aliphatic rings. The molecule has 1 aromatic carbocycles. The van der Waals surface area contributed by atoms with E-state index < -0.39 is 23.3 Å². The Kier molecular flexibility index (Phi) is 4.08. The third kappa shape index (κ3) is 3.06. The maximum atomic E-state index is 13.1. The lowest BCUT2D eigenvalue weighted by Gasteiger charge is -2.07. The van der Waals surface area contributed by atoms with Crippen molar-refractivity contribution < 1.29 is 13.6 Å². The Morgan fingerprint density at radius 1 is 1.26 bits per heavy atom. The van der Waals surface area contributed by atoms with E-state index in [9.17, 15) is 13.6 Å². The van der Waals surface area contributed by atoms with Crippen molar-refractivity contribution in [2.24, 2.45) is 0 Å². The second-order valence-electron chi connectivity index (χ2n) is 3.73. The van der Waals surface area contributed by atoms with Crippen LogP contribution >= 0.6 is 27.3 Å². The molecule has 6 heteroatoms. The van der Waals surface area contributed by atoms with E-state index in [4.69, 9.17) is 5.26 Å². The molecule has 2 aromatic rings. The van der Waals surface area contributed by atoms with Gasteiger partial charge in [-0.25, -0.2) is 8.78 Å². The summed E-state index contributed by atoms with van der Waals surface area (Å²) in [6, 6.07) is 7.73. The first kappa shape index (κ1) is 13.8. The predicted molar refractivity (Wildman–Crippen MR) is 71.1 cm³/mol. The summed E-state index contributed by atoms with van der Waals surface area (Å²) in [5.41, 5.74) is 0.0227. The second kappa shape index (κ2) is 5.59. The van der Waals surface area contributed by atoms with Gasteiger partial charge in [0.25, 0.3) is 0 Å². The fourth-order valence-electron chi connectivity index (χ4n) is 1.62. The first-order chi connectivity index (χ1) is 9.01. The number of nitriles is 1. The lowest BCUT2D eigenvalue weighted by Crippen LogP contribution is -2.10. The van der Waals surface area contributed by atoms with E-state index in [1.54, 1.807) is 18.2 Å². The number of thiophene rings is 1. The van der Waals surface area contributed by atoms with Crippen LogP contribution < -0.4 is 0 Å². The van der Waals surface area contributed by atoms with Gasteiger partial charge in [-0.2, -0.15) is 5.26 Å². The minimum absolute atomic E-state index is 0.0227. The number of carbonyl (C=O) groups is 1. The molecule has 1 aromatic heterocycles. The molecule has 0 amide bonds. The van der Waals surface area contributed by atoms with E-state index in [1.807, 2.05) is 0 Å².